The molecule has 0 fully saturated rings. The number of unbranched alkanes of at least 4 members (excludes halogenated alkanes) is 30. The zero-order valence-electron chi connectivity index (χ0n) is 53.1. The predicted molar refractivity (Wildman–Crippen MR) is 343 cm³/mol. The molecule has 0 amide bonds. The van der Waals surface area contributed by atoms with Crippen LogP contribution in [0.4, 0.5) is 0 Å². The standard InChI is InChI=1S/C72H125NO8/c1-6-8-10-12-14-16-18-20-22-23-24-25-26-27-28-29-30-31-32-33-34-35-36-37-38-39-40-41-42-43-44-45-46-47-49-51-53-55-57-59-61-63-70(75)81-68(67-80-72(71(76)77)78-65-64-73(3,4)5)66-79-69(74)62-60-58-56-54-52-50-48-21-19-17-15-13-11-9-7-2/h8-11,14-17,20-22,24-25,48,52,54,68,72H,6-7,12-13,18-19,23,26-47,49-51,53,55-67H2,1-5H3/b10-8-,11-9-,16-14-,17-15-,22-20-,25-24-,48-21-,54-52-. The first-order chi connectivity index (χ1) is 39.6. The van der Waals surface area contributed by atoms with Gasteiger partial charge in [-0.2, -0.15) is 0 Å². The lowest BCUT2D eigenvalue weighted by Gasteiger charge is -2.26. The minimum absolute atomic E-state index is 0.139. The fourth-order valence-electron chi connectivity index (χ4n) is 9.29. The first-order valence-corrected chi connectivity index (χ1v) is 33.4. The summed E-state index contributed by atoms with van der Waals surface area (Å²) >= 11 is 0. The summed E-state index contributed by atoms with van der Waals surface area (Å²) in [5, 5.41) is 11.8. The maximum atomic E-state index is 12.9. The molecule has 0 aromatic rings. The van der Waals surface area contributed by atoms with E-state index in [1.54, 1.807) is 0 Å². The average Bonchev–Trinajstić information content (AvgIpc) is 3.44. The van der Waals surface area contributed by atoms with Gasteiger partial charge < -0.3 is 33.3 Å². The van der Waals surface area contributed by atoms with Crippen LogP contribution in [-0.2, 0) is 33.3 Å². The molecule has 0 aliphatic rings. The van der Waals surface area contributed by atoms with Gasteiger partial charge in [-0.15, -0.1) is 0 Å². The first-order valence-electron chi connectivity index (χ1n) is 33.4. The molecule has 9 heteroatoms. The minimum atomic E-state index is -1.63. The van der Waals surface area contributed by atoms with Crippen LogP contribution in [0.3, 0.4) is 0 Å². The number of quaternary nitrogens is 1. The third-order valence-electron chi connectivity index (χ3n) is 14.3. The summed E-state index contributed by atoms with van der Waals surface area (Å²) in [4.78, 5) is 37.3. The van der Waals surface area contributed by atoms with Crippen molar-refractivity contribution >= 4 is 17.9 Å². The van der Waals surface area contributed by atoms with Gasteiger partial charge in [0.2, 0.25) is 0 Å². The van der Waals surface area contributed by atoms with E-state index in [4.69, 9.17) is 18.9 Å². The average molecular weight is 1130 g/mol. The van der Waals surface area contributed by atoms with Crippen LogP contribution in [0.5, 0.6) is 0 Å². The Labute approximate surface area is 499 Å². The molecule has 0 N–H and O–H groups in total. The van der Waals surface area contributed by atoms with Crippen LogP contribution in [0, 0.1) is 0 Å². The van der Waals surface area contributed by atoms with Crippen LogP contribution in [0.15, 0.2) is 97.2 Å². The fraction of sp³-hybridized carbons (Fsp3) is 0.736. The Morgan fingerprint density at radius 2 is 0.667 bits per heavy atom. The molecule has 2 atom stereocenters. The Bertz CT molecular complexity index is 1650. The number of rotatable bonds is 61. The van der Waals surface area contributed by atoms with Gasteiger partial charge >= 0.3 is 11.9 Å². The number of likely N-dealkylation sites (N-methyl/N-ethyl adjacent to an activating group) is 1. The largest absolute Gasteiger partial charge is 0.545 e. The number of esters is 2. The summed E-state index contributed by atoms with van der Waals surface area (Å²) < 4.78 is 22.7. The molecule has 81 heavy (non-hydrogen) atoms. The van der Waals surface area contributed by atoms with Crippen LogP contribution in [0.2, 0.25) is 0 Å². The van der Waals surface area contributed by atoms with Crippen molar-refractivity contribution in [2.45, 2.75) is 296 Å². The van der Waals surface area contributed by atoms with Gasteiger partial charge in [0.1, 0.15) is 13.2 Å². The maximum absolute atomic E-state index is 12.9. The number of carbonyl (C=O) groups is 3. The zero-order valence-corrected chi connectivity index (χ0v) is 53.1. The third-order valence-corrected chi connectivity index (χ3v) is 14.3. The lowest BCUT2D eigenvalue weighted by atomic mass is 10.0. The first kappa shape index (κ1) is 77.2. The van der Waals surface area contributed by atoms with Crippen molar-refractivity contribution in [3.63, 3.8) is 0 Å². The van der Waals surface area contributed by atoms with Crippen molar-refractivity contribution in [3.05, 3.63) is 97.2 Å². The summed E-state index contributed by atoms with van der Waals surface area (Å²) in [7, 11) is 5.91. The molecule has 0 aromatic carbocycles. The maximum Gasteiger partial charge on any atom is 0.306 e. The van der Waals surface area contributed by atoms with E-state index in [0.29, 0.717) is 23.9 Å². The molecule has 2 unspecified atom stereocenters. The van der Waals surface area contributed by atoms with Crippen LogP contribution >= 0.6 is 0 Å². The highest BCUT2D eigenvalue weighted by Crippen LogP contribution is 2.18. The van der Waals surface area contributed by atoms with Gasteiger partial charge in [0.25, 0.3) is 0 Å². The lowest BCUT2D eigenvalue weighted by Crippen LogP contribution is -2.44. The monoisotopic (exact) mass is 1130 g/mol. The van der Waals surface area contributed by atoms with E-state index in [2.05, 4.69) is 111 Å². The number of aliphatic carboxylic acids is 1. The number of carboxylic acids is 1. The second kappa shape index (κ2) is 62.3. The quantitative estimate of drug-likeness (QED) is 0.0195. The Balaban J connectivity index is 3.95. The van der Waals surface area contributed by atoms with Crippen molar-refractivity contribution in [1.82, 2.24) is 0 Å². The minimum Gasteiger partial charge on any atom is -0.545 e. The number of nitrogens with zero attached hydrogens (tertiary/aromatic N) is 1. The highest BCUT2D eigenvalue weighted by atomic mass is 16.7. The van der Waals surface area contributed by atoms with Crippen LogP contribution in [0.25, 0.3) is 0 Å². The second-order valence-electron chi connectivity index (χ2n) is 23.3. The van der Waals surface area contributed by atoms with E-state index in [1.165, 1.54) is 167 Å². The number of carboxylic acid groups (broad SMARTS) is 1. The van der Waals surface area contributed by atoms with Crippen LogP contribution in [-0.4, -0.2) is 82.3 Å². The Morgan fingerprint density at radius 1 is 0.370 bits per heavy atom. The van der Waals surface area contributed by atoms with Crippen molar-refractivity contribution < 1.29 is 42.9 Å². The molecule has 0 radical (unpaired) electrons. The van der Waals surface area contributed by atoms with Crippen molar-refractivity contribution in [3.8, 4) is 0 Å². The van der Waals surface area contributed by atoms with Crippen molar-refractivity contribution in [2.75, 3.05) is 47.5 Å². The smallest absolute Gasteiger partial charge is 0.306 e. The SMILES string of the molecule is CC/C=C\C/C=C\C/C=C\C/C=C\CCCCCCCCCCCCCCCCCCCCCCCCCCCCCCC(=O)OC(COC(=O)CCCC/C=C\C/C=C\C/C=C\C/C=C\CC)COC(OCC[N+](C)(C)C)C(=O)[O-]. The van der Waals surface area contributed by atoms with E-state index < -0.39 is 30.3 Å². The summed E-state index contributed by atoms with van der Waals surface area (Å²) in [6.45, 7) is 4.48. The molecule has 0 heterocycles. The molecule has 0 aliphatic heterocycles. The normalized spacial score (nSPS) is 13.3. The van der Waals surface area contributed by atoms with E-state index in [0.717, 1.165) is 77.0 Å². The molecular weight excluding hydrogens is 1010 g/mol. The molecular formula is C72H125NO8. The summed E-state index contributed by atoms with van der Waals surface area (Å²) in [6, 6.07) is 0. The van der Waals surface area contributed by atoms with Gasteiger partial charge in [0.05, 0.1) is 40.3 Å². The molecule has 0 saturated carbocycles. The second-order valence-corrected chi connectivity index (χ2v) is 23.3. The van der Waals surface area contributed by atoms with E-state index >= 15 is 0 Å². The van der Waals surface area contributed by atoms with Crippen molar-refractivity contribution in [1.29, 1.82) is 0 Å². The number of allylic oxidation sites excluding steroid dienone is 16. The van der Waals surface area contributed by atoms with Crippen LogP contribution in [0.1, 0.15) is 284 Å². The van der Waals surface area contributed by atoms with Crippen LogP contribution < -0.4 is 5.11 Å². The number of hydrogen-bond acceptors (Lipinski definition) is 8. The molecule has 0 spiro atoms. The number of hydrogen-bond donors (Lipinski definition) is 0. The van der Waals surface area contributed by atoms with E-state index in [-0.39, 0.29) is 32.7 Å². The lowest BCUT2D eigenvalue weighted by molar-refractivity contribution is -0.870. The molecule has 0 saturated heterocycles. The molecule has 0 rings (SSSR count). The molecule has 0 aliphatic carbocycles. The predicted octanol–water partition coefficient (Wildman–Crippen LogP) is 19.1. The molecule has 466 valence electrons. The third kappa shape index (κ3) is 63.6. The summed E-state index contributed by atoms with van der Waals surface area (Å²) in [5.41, 5.74) is 0. The highest BCUT2D eigenvalue weighted by Gasteiger charge is 2.22. The Kier molecular flexibility index (Phi) is 59.3. The molecule has 0 aromatic heterocycles. The molecule has 9 nitrogen and oxygen atoms in total. The number of carbonyl (C=O) groups excluding carboxylic acids is 3. The van der Waals surface area contributed by atoms with E-state index in [9.17, 15) is 19.5 Å². The van der Waals surface area contributed by atoms with Gasteiger partial charge in [-0.25, -0.2) is 0 Å². The van der Waals surface area contributed by atoms with Gasteiger partial charge in [0.15, 0.2) is 12.4 Å². The van der Waals surface area contributed by atoms with Gasteiger partial charge in [-0.1, -0.05) is 278 Å². The van der Waals surface area contributed by atoms with Crippen molar-refractivity contribution in [2.24, 2.45) is 0 Å². The highest BCUT2D eigenvalue weighted by molar-refractivity contribution is 5.70. The van der Waals surface area contributed by atoms with E-state index in [1.807, 2.05) is 21.1 Å². The Morgan fingerprint density at radius 3 is 1.01 bits per heavy atom. The topological polar surface area (TPSA) is 111 Å². The molecule has 0 bridgehead atoms. The van der Waals surface area contributed by atoms with Gasteiger partial charge in [-0.05, 0) is 89.9 Å². The number of ether oxygens (including phenoxy) is 4. The van der Waals surface area contributed by atoms with Gasteiger partial charge in [0, 0.05) is 12.8 Å². The van der Waals surface area contributed by atoms with Gasteiger partial charge in [-0.3, -0.25) is 9.59 Å². The fourth-order valence-corrected chi connectivity index (χ4v) is 9.29. The Hall–Kier alpha value is -3.79. The zero-order chi connectivity index (χ0) is 59.1. The summed E-state index contributed by atoms with van der Waals surface area (Å²) in [6.07, 6.45) is 82.4. The summed E-state index contributed by atoms with van der Waals surface area (Å²) in [5.74, 6) is -2.33.